The van der Waals surface area contributed by atoms with Gasteiger partial charge in [0.15, 0.2) is 0 Å². The first-order valence-corrected chi connectivity index (χ1v) is 10.5. The Labute approximate surface area is 198 Å². The summed E-state index contributed by atoms with van der Waals surface area (Å²) in [6.45, 7) is 0.982. The van der Waals surface area contributed by atoms with E-state index in [1.807, 2.05) is 29.0 Å². The number of aromatic nitrogens is 4. The highest BCUT2D eigenvalue weighted by Gasteiger charge is 2.14. The number of nitrogens with one attached hydrogen (secondary N) is 2. The van der Waals surface area contributed by atoms with Crippen LogP contribution in [0.2, 0.25) is 10.0 Å². The minimum atomic E-state index is -0.572. The Morgan fingerprint density at radius 3 is 2.39 bits per heavy atom. The zero-order valence-electron chi connectivity index (χ0n) is 17.1. The van der Waals surface area contributed by atoms with Gasteiger partial charge >= 0.3 is 5.69 Å². The van der Waals surface area contributed by atoms with Crippen molar-refractivity contribution in [1.29, 1.82) is 0 Å². The summed E-state index contributed by atoms with van der Waals surface area (Å²) in [5.41, 5.74) is 7.60. The van der Waals surface area contributed by atoms with E-state index in [1.165, 1.54) is 12.1 Å². The zero-order valence-corrected chi connectivity index (χ0v) is 18.6. The molecule has 168 valence electrons. The number of nitrogens with two attached hydrogens (primary N) is 1. The lowest BCUT2D eigenvalue weighted by Gasteiger charge is -2.14. The lowest BCUT2D eigenvalue weighted by molar-refractivity contribution is -0.384. The molecule has 12 heteroatoms. The number of hydrogen-bond donors (Lipinski definition) is 3. The van der Waals surface area contributed by atoms with Crippen LogP contribution in [0.3, 0.4) is 0 Å². The molecule has 3 aromatic heterocycles. The molecule has 0 fully saturated rings. The molecular weight excluding hydrogens is 467 g/mol. The maximum atomic E-state index is 10.8. The lowest BCUT2D eigenvalue weighted by Crippen LogP contribution is -2.15. The lowest BCUT2D eigenvalue weighted by atomic mass is 10.1. The number of nitrogens with zero attached hydrogens (tertiary/aromatic N) is 5. The van der Waals surface area contributed by atoms with Crippen molar-refractivity contribution in [2.24, 2.45) is 0 Å². The first-order chi connectivity index (χ1) is 15.9. The summed E-state index contributed by atoms with van der Waals surface area (Å²) in [4.78, 5) is 23.1. The second-order valence-corrected chi connectivity index (χ2v) is 7.71. The summed E-state index contributed by atoms with van der Waals surface area (Å²) in [5.74, 6) is 0.939. The molecule has 1 aromatic carbocycles. The molecule has 0 saturated carbocycles. The third-order valence-electron chi connectivity index (χ3n) is 4.68. The number of nitro groups is 1. The van der Waals surface area contributed by atoms with E-state index in [-0.39, 0.29) is 11.5 Å². The molecule has 0 aliphatic rings. The van der Waals surface area contributed by atoms with Gasteiger partial charge in [0.05, 0.1) is 27.7 Å². The Hall–Kier alpha value is -3.89. The molecule has 10 nitrogen and oxygen atoms in total. The number of imidazole rings is 1. The van der Waals surface area contributed by atoms with Gasteiger partial charge in [-0.1, -0.05) is 23.2 Å². The molecule has 0 saturated heterocycles. The topological polar surface area (TPSA) is 137 Å². The van der Waals surface area contributed by atoms with Crippen LogP contribution in [0.25, 0.3) is 16.9 Å². The Kier molecular flexibility index (Phi) is 6.57. The van der Waals surface area contributed by atoms with E-state index in [0.717, 1.165) is 11.3 Å². The van der Waals surface area contributed by atoms with Crippen LogP contribution < -0.4 is 16.4 Å². The zero-order chi connectivity index (χ0) is 23.4. The predicted octanol–water partition coefficient (Wildman–Crippen LogP) is 4.65. The third kappa shape index (κ3) is 5.13. The van der Waals surface area contributed by atoms with Crippen LogP contribution in [0, 0.1) is 10.1 Å². The van der Waals surface area contributed by atoms with Gasteiger partial charge in [0.2, 0.25) is 5.82 Å². The molecule has 0 radical (unpaired) electrons. The Morgan fingerprint density at radius 1 is 1.03 bits per heavy atom. The molecule has 0 bridgehead atoms. The summed E-state index contributed by atoms with van der Waals surface area (Å²) in [7, 11) is 0. The number of anilines is 3. The molecular formula is C21H18Cl2N8O2. The summed E-state index contributed by atoms with van der Waals surface area (Å²) >= 11 is 12.5. The molecule has 33 heavy (non-hydrogen) atoms. The maximum Gasteiger partial charge on any atom is 0.311 e. The first-order valence-electron chi connectivity index (χ1n) is 9.76. The van der Waals surface area contributed by atoms with Crippen LogP contribution in [0.1, 0.15) is 0 Å². The van der Waals surface area contributed by atoms with Crippen molar-refractivity contribution < 1.29 is 4.92 Å². The van der Waals surface area contributed by atoms with Crippen molar-refractivity contribution in [3.05, 3.63) is 81.3 Å². The molecule has 0 aliphatic carbocycles. The second kappa shape index (κ2) is 9.72. The molecule has 0 spiro atoms. The molecule has 0 aliphatic heterocycles. The first kappa shape index (κ1) is 22.3. The molecule has 0 amide bonds. The summed E-state index contributed by atoms with van der Waals surface area (Å²) in [5, 5.41) is 18.2. The van der Waals surface area contributed by atoms with Crippen molar-refractivity contribution in [2.75, 3.05) is 29.5 Å². The van der Waals surface area contributed by atoms with Gasteiger partial charge in [-0.05, 0) is 36.4 Å². The molecule has 4 N–H and O–H groups in total. The van der Waals surface area contributed by atoms with E-state index in [1.54, 1.807) is 24.7 Å². The van der Waals surface area contributed by atoms with Crippen LogP contribution >= 0.6 is 23.2 Å². The number of nitrogen functional groups attached to an aromatic ring is 1. The van der Waals surface area contributed by atoms with Crippen LogP contribution in [0.15, 0.2) is 61.2 Å². The highest BCUT2D eigenvalue weighted by molar-refractivity contribution is 6.36. The number of benzene rings is 1. The normalized spacial score (nSPS) is 10.7. The molecule has 0 atom stereocenters. The minimum absolute atomic E-state index is 0.140. The fourth-order valence-corrected chi connectivity index (χ4v) is 3.64. The van der Waals surface area contributed by atoms with E-state index >= 15 is 0 Å². The van der Waals surface area contributed by atoms with Gasteiger partial charge in [-0.2, -0.15) is 0 Å². The van der Waals surface area contributed by atoms with Crippen LogP contribution in [0.4, 0.5) is 23.1 Å². The highest BCUT2D eigenvalue weighted by atomic mass is 35.5. The van der Waals surface area contributed by atoms with Crippen LogP contribution in [0.5, 0.6) is 0 Å². The number of halogens is 2. The van der Waals surface area contributed by atoms with Crippen molar-refractivity contribution in [3.8, 4) is 16.9 Å². The van der Waals surface area contributed by atoms with E-state index in [9.17, 15) is 10.1 Å². The maximum absolute atomic E-state index is 10.8. The van der Waals surface area contributed by atoms with E-state index in [4.69, 9.17) is 33.9 Å². The van der Waals surface area contributed by atoms with Gasteiger partial charge in [0.25, 0.3) is 0 Å². The van der Waals surface area contributed by atoms with Crippen molar-refractivity contribution in [3.63, 3.8) is 0 Å². The Morgan fingerprint density at radius 2 is 1.76 bits per heavy atom. The summed E-state index contributed by atoms with van der Waals surface area (Å²) < 4.78 is 1.85. The molecule has 4 aromatic rings. The average Bonchev–Trinajstić information content (AvgIpc) is 3.31. The van der Waals surface area contributed by atoms with E-state index in [2.05, 4.69) is 20.6 Å². The Bertz CT molecular complexity index is 1300. The van der Waals surface area contributed by atoms with Crippen LogP contribution in [-0.4, -0.2) is 37.5 Å². The van der Waals surface area contributed by atoms with Crippen molar-refractivity contribution in [2.45, 2.75) is 0 Å². The number of rotatable bonds is 8. The Balaban J connectivity index is 1.49. The third-order valence-corrected chi connectivity index (χ3v) is 5.23. The molecule has 3 heterocycles. The second-order valence-electron chi connectivity index (χ2n) is 6.87. The minimum Gasteiger partial charge on any atom is -0.378 e. The van der Waals surface area contributed by atoms with E-state index in [0.29, 0.717) is 40.5 Å². The van der Waals surface area contributed by atoms with Crippen molar-refractivity contribution >= 4 is 46.3 Å². The summed E-state index contributed by atoms with van der Waals surface area (Å²) in [6.07, 6.45) is 5.19. The standard InChI is InChI=1S/C21H18Cl2N8O2/c22-13-1-2-14(15(23)11-13)20-16(30-10-9-25-12-30)3-5-18(28-20)26-7-8-27-19-6-4-17(31(32)33)21(24)29-19/h1-6,9-12H,7-8H2,(H,26,28)(H3,24,27,29). The van der Waals surface area contributed by atoms with Gasteiger partial charge < -0.3 is 20.9 Å². The number of hydrogen-bond acceptors (Lipinski definition) is 8. The fraction of sp³-hybridized carbons (Fsp3) is 0.0952. The number of pyridine rings is 2. The van der Waals surface area contributed by atoms with Crippen molar-refractivity contribution in [1.82, 2.24) is 19.5 Å². The van der Waals surface area contributed by atoms with Gasteiger partial charge in [-0.3, -0.25) is 10.1 Å². The average molecular weight is 485 g/mol. The van der Waals surface area contributed by atoms with Gasteiger partial charge in [0, 0.05) is 42.1 Å². The fourth-order valence-electron chi connectivity index (χ4n) is 3.14. The SMILES string of the molecule is Nc1nc(NCCNc2ccc(-n3ccnc3)c(-c3ccc(Cl)cc3Cl)n2)ccc1[N+](=O)[O-]. The smallest absolute Gasteiger partial charge is 0.311 e. The predicted molar refractivity (Wildman–Crippen MR) is 129 cm³/mol. The summed E-state index contributed by atoms with van der Waals surface area (Å²) in [6, 6.07) is 11.8. The van der Waals surface area contributed by atoms with E-state index < -0.39 is 4.92 Å². The quantitative estimate of drug-likeness (QED) is 0.186. The largest absolute Gasteiger partial charge is 0.378 e. The van der Waals surface area contributed by atoms with Gasteiger partial charge in [-0.25, -0.2) is 15.0 Å². The van der Waals surface area contributed by atoms with Gasteiger partial charge in [-0.15, -0.1) is 0 Å². The van der Waals surface area contributed by atoms with Gasteiger partial charge in [0.1, 0.15) is 11.6 Å². The highest BCUT2D eigenvalue weighted by Crippen LogP contribution is 2.33. The van der Waals surface area contributed by atoms with Crippen LogP contribution in [-0.2, 0) is 0 Å². The monoisotopic (exact) mass is 484 g/mol. The molecule has 4 rings (SSSR count). The molecule has 0 unspecified atom stereocenters.